The molecule has 2 rings (SSSR count). The summed E-state index contributed by atoms with van der Waals surface area (Å²) >= 11 is 0. The van der Waals surface area contributed by atoms with Gasteiger partial charge >= 0.3 is 73.2 Å². The van der Waals surface area contributed by atoms with Crippen molar-refractivity contribution in [3.8, 4) is 0 Å². The van der Waals surface area contributed by atoms with Crippen molar-refractivity contribution in [1.82, 2.24) is 0 Å². The zero-order valence-corrected chi connectivity index (χ0v) is 7.25. The van der Waals surface area contributed by atoms with Gasteiger partial charge in [-0.25, -0.2) is 0 Å². The zero-order chi connectivity index (χ0) is 8.39. The minimum absolute atomic E-state index is 1.09. The van der Waals surface area contributed by atoms with E-state index in [-0.39, 0.29) is 0 Å². The Kier molecular flexibility index (Phi) is 1.95. The molecule has 0 aromatic carbocycles. The van der Waals surface area contributed by atoms with E-state index < -0.39 is 0 Å². The van der Waals surface area contributed by atoms with Crippen molar-refractivity contribution in [3.63, 3.8) is 0 Å². The second kappa shape index (κ2) is 3.10. The van der Waals surface area contributed by atoms with Gasteiger partial charge in [0.25, 0.3) is 0 Å². The molecule has 1 aromatic heterocycles. The molecule has 0 fully saturated rings. The van der Waals surface area contributed by atoms with Crippen LogP contribution >= 0.6 is 0 Å². The molecule has 0 bridgehead atoms. The second-order valence-corrected chi connectivity index (χ2v) is 3.19. The molecule has 1 aromatic rings. The van der Waals surface area contributed by atoms with E-state index >= 15 is 0 Å². The summed E-state index contributed by atoms with van der Waals surface area (Å²) < 4.78 is 0. The summed E-state index contributed by atoms with van der Waals surface area (Å²) in [7, 11) is 0. The second-order valence-electron chi connectivity index (χ2n) is 3.19. The first-order chi connectivity index (χ1) is 5.86. The van der Waals surface area contributed by atoms with Crippen molar-refractivity contribution in [2.75, 3.05) is 0 Å². The molecule has 0 amide bonds. The van der Waals surface area contributed by atoms with Gasteiger partial charge in [-0.2, -0.15) is 0 Å². The Morgan fingerprint density at radius 2 is 2.25 bits per heavy atom. The van der Waals surface area contributed by atoms with Crippen molar-refractivity contribution < 1.29 is 0 Å². The minimum atomic E-state index is 1.09. The van der Waals surface area contributed by atoms with Gasteiger partial charge in [-0.05, 0) is 0 Å². The van der Waals surface area contributed by atoms with E-state index in [2.05, 4.69) is 50.3 Å². The van der Waals surface area contributed by atoms with E-state index in [0.717, 1.165) is 6.42 Å². The molecule has 58 valence electrons. The van der Waals surface area contributed by atoms with Gasteiger partial charge in [0.05, 0.1) is 0 Å². The average Bonchev–Trinajstić information content (AvgIpc) is 2.56. The van der Waals surface area contributed by atoms with Crippen LogP contribution in [0.5, 0.6) is 0 Å². The van der Waals surface area contributed by atoms with Crippen molar-refractivity contribution in [3.05, 3.63) is 47.3 Å². The summed E-state index contributed by atoms with van der Waals surface area (Å²) in [6.45, 7) is 4.37. The van der Waals surface area contributed by atoms with Crippen LogP contribution in [0.4, 0.5) is 0 Å². The van der Waals surface area contributed by atoms with Crippen molar-refractivity contribution in [2.45, 2.75) is 13.3 Å². The van der Waals surface area contributed by atoms with E-state index in [1.54, 1.807) is 0 Å². The Hall–Kier alpha value is -1.11. The Balaban J connectivity index is 2.35. The van der Waals surface area contributed by atoms with Crippen molar-refractivity contribution >= 4 is 12.5 Å². The van der Waals surface area contributed by atoms with Gasteiger partial charge in [-0.3, -0.25) is 0 Å². The standard InChI is InChI=1S/C11H11B/c1-9-5-4-8-11(12-9)10-6-2-3-7-10/h2-6,8H,7H2,1H3. The number of allylic oxidation sites excluding steroid dienone is 4. The number of rotatable bonds is 1. The quantitative estimate of drug-likeness (QED) is 0.583. The molecule has 0 N–H and O–H groups in total. The zero-order valence-electron chi connectivity index (χ0n) is 7.25. The van der Waals surface area contributed by atoms with Crippen LogP contribution in [-0.2, 0) is 0 Å². The third kappa shape index (κ3) is 1.40. The van der Waals surface area contributed by atoms with Gasteiger partial charge in [0.1, 0.15) is 0 Å². The predicted molar refractivity (Wildman–Crippen MR) is 54.3 cm³/mol. The monoisotopic (exact) mass is 154 g/mol. The molecule has 0 nitrogen and oxygen atoms in total. The van der Waals surface area contributed by atoms with Crippen LogP contribution in [0.15, 0.2) is 36.4 Å². The molecule has 0 spiro atoms. The number of aryl methyl sites for hydroxylation is 1. The molecule has 1 aliphatic rings. The molecular weight excluding hydrogens is 143 g/mol. The topological polar surface area (TPSA) is 0 Å². The van der Waals surface area contributed by atoms with Crippen LogP contribution in [0.25, 0.3) is 5.57 Å². The van der Waals surface area contributed by atoms with Gasteiger partial charge in [0, 0.05) is 0 Å². The van der Waals surface area contributed by atoms with E-state index in [9.17, 15) is 0 Å². The molecule has 0 saturated heterocycles. The van der Waals surface area contributed by atoms with Crippen molar-refractivity contribution in [1.29, 1.82) is 0 Å². The van der Waals surface area contributed by atoms with E-state index in [0.29, 0.717) is 0 Å². The summed E-state index contributed by atoms with van der Waals surface area (Å²) in [5.41, 5.74) is 4.12. The van der Waals surface area contributed by atoms with Crippen LogP contribution in [0.2, 0.25) is 0 Å². The van der Waals surface area contributed by atoms with Gasteiger partial charge < -0.3 is 0 Å². The molecule has 1 heteroatoms. The molecule has 1 heterocycles. The maximum atomic E-state index is 2.23. The fraction of sp³-hybridized carbons (Fsp3) is 0.182. The van der Waals surface area contributed by atoms with Crippen LogP contribution in [0.3, 0.4) is 0 Å². The first kappa shape index (κ1) is 7.54. The number of hydrogen-bond acceptors (Lipinski definition) is 0. The Bertz CT molecular complexity index is 348. The van der Waals surface area contributed by atoms with Gasteiger partial charge in [-0.15, -0.1) is 0 Å². The van der Waals surface area contributed by atoms with Crippen LogP contribution in [0.1, 0.15) is 17.3 Å². The number of hydrogen-bond donors (Lipinski definition) is 0. The molecule has 0 aliphatic heterocycles. The molecule has 0 unspecified atom stereocenters. The molecule has 0 saturated carbocycles. The fourth-order valence-electron chi connectivity index (χ4n) is 1.51. The van der Waals surface area contributed by atoms with Crippen LogP contribution in [-0.4, -0.2) is 6.91 Å². The van der Waals surface area contributed by atoms with Crippen LogP contribution < -0.4 is 0 Å². The summed E-state index contributed by atoms with van der Waals surface area (Å²) in [6.07, 6.45) is 7.59. The molecule has 12 heavy (non-hydrogen) atoms. The first-order valence-corrected chi connectivity index (χ1v) is 4.29. The summed E-state index contributed by atoms with van der Waals surface area (Å²) in [6, 6.07) is 6.42. The molecule has 0 radical (unpaired) electrons. The molecular formula is C11H11B. The van der Waals surface area contributed by atoms with Gasteiger partial charge in [0.2, 0.25) is 0 Å². The van der Waals surface area contributed by atoms with Gasteiger partial charge in [0.15, 0.2) is 0 Å². The third-order valence-electron chi connectivity index (χ3n) is 2.16. The van der Waals surface area contributed by atoms with E-state index in [1.807, 2.05) is 0 Å². The van der Waals surface area contributed by atoms with Crippen LogP contribution in [0, 0.1) is 6.92 Å². The summed E-state index contributed by atoms with van der Waals surface area (Å²) in [5, 5.41) is 0. The fourth-order valence-corrected chi connectivity index (χ4v) is 1.51. The Morgan fingerprint density at radius 1 is 1.33 bits per heavy atom. The molecule has 1 aliphatic carbocycles. The molecule has 0 atom stereocenters. The maximum absolute atomic E-state index is 2.23. The average molecular weight is 154 g/mol. The Morgan fingerprint density at radius 3 is 2.92 bits per heavy atom. The summed E-state index contributed by atoms with van der Waals surface area (Å²) in [5.74, 6) is 0. The third-order valence-corrected chi connectivity index (χ3v) is 2.16. The SMILES string of the molecule is Cc1bc(C2=CC=CC2)ccc1. The van der Waals surface area contributed by atoms with Crippen molar-refractivity contribution in [2.24, 2.45) is 0 Å². The van der Waals surface area contributed by atoms with E-state index in [1.165, 1.54) is 16.5 Å². The Labute approximate surface area is 73.8 Å². The first-order valence-electron chi connectivity index (χ1n) is 4.29. The predicted octanol–water partition coefficient (Wildman–Crippen LogP) is 2.68. The van der Waals surface area contributed by atoms with Gasteiger partial charge in [-0.1, -0.05) is 0 Å². The summed E-state index contributed by atoms with van der Waals surface area (Å²) in [4.78, 5) is 0. The van der Waals surface area contributed by atoms with E-state index in [4.69, 9.17) is 0 Å². The normalized spacial score (nSPS) is 14.6.